The normalized spacial score (nSPS) is 14.6. The lowest BCUT2D eigenvalue weighted by molar-refractivity contribution is -0.138. The monoisotopic (exact) mass is 617 g/mol. The molecule has 0 spiro atoms. The SMILES string of the molecule is Cc1cc(=O)n(C(CC(C)C)C(=O)NC(CC(=O)O)c2cc(-c3c(C)cc(C4CC4)cc3C)cc(C)c2F)cc1CCN(C)C. The number of carboxylic acids is 1. The number of carbonyl (C=O) groups excluding carboxylic acids is 1. The highest BCUT2D eigenvalue weighted by Crippen LogP contribution is 2.43. The van der Waals surface area contributed by atoms with Gasteiger partial charge in [-0.15, -0.1) is 0 Å². The maximum atomic E-state index is 15.9. The minimum absolute atomic E-state index is 0.0592. The zero-order chi connectivity index (χ0) is 33.2. The van der Waals surface area contributed by atoms with Gasteiger partial charge >= 0.3 is 5.97 Å². The van der Waals surface area contributed by atoms with Crippen LogP contribution in [-0.2, 0) is 16.0 Å². The quantitative estimate of drug-likeness (QED) is 0.220. The van der Waals surface area contributed by atoms with Gasteiger partial charge in [0.05, 0.1) is 12.5 Å². The van der Waals surface area contributed by atoms with Crippen LogP contribution in [0.1, 0.15) is 96.5 Å². The van der Waals surface area contributed by atoms with E-state index in [1.165, 1.54) is 23.0 Å². The first-order valence-electron chi connectivity index (χ1n) is 16.0. The summed E-state index contributed by atoms with van der Waals surface area (Å²) < 4.78 is 17.3. The van der Waals surface area contributed by atoms with Crippen molar-refractivity contribution in [3.8, 4) is 11.1 Å². The second-order valence-electron chi connectivity index (χ2n) is 13.6. The molecule has 45 heavy (non-hydrogen) atoms. The molecule has 2 unspecified atom stereocenters. The molecule has 1 fully saturated rings. The van der Waals surface area contributed by atoms with Crippen molar-refractivity contribution in [2.45, 2.75) is 91.6 Å². The van der Waals surface area contributed by atoms with Crippen LogP contribution in [0.3, 0.4) is 0 Å². The molecule has 1 aliphatic rings. The molecule has 1 heterocycles. The lowest BCUT2D eigenvalue weighted by Gasteiger charge is -2.26. The molecule has 4 rings (SSSR count). The Morgan fingerprint density at radius 2 is 1.64 bits per heavy atom. The molecule has 0 saturated heterocycles. The lowest BCUT2D eigenvalue weighted by Crippen LogP contribution is -2.40. The maximum absolute atomic E-state index is 15.9. The van der Waals surface area contributed by atoms with E-state index in [4.69, 9.17) is 0 Å². The topological polar surface area (TPSA) is 91.6 Å². The van der Waals surface area contributed by atoms with E-state index in [1.807, 2.05) is 48.7 Å². The standard InChI is InChI=1S/C37H48FN3O4/c1-21(2)13-32(41-20-27(11-12-40(7)8)22(3)17-33(41)42)37(45)39-31(19-34(43)44)30-18-29(16-25(6)36(30)38)35-23(4)14-28(15-24(35)5)26-9-10-26/h14-18,20-21,26,31-32H,9-13,19H2,1-8H3,(H,39,45)(H,43,44). The van der Waals surface area contributed by atoms with Crippen LogP contribution in [0.4, 0.5) is 4.39 Å². The minimum atomic E-state index is -1.16. The predicted octanol–water partition coefficient (Wildman–Crippen LogP) is 6.79. The zero-order valence-electron chi connectivity index (χ0n) is 28.0. The van der Waals surface area contributed by atoms with Crippen LogP contribution < -0.4 is 10.9 Å². The number of rotatable bonds is 13. The molecule has 2 atom stereocenters. The number of halogens is 1. The Labute approximate surface area is 266 Å². The van der Waals surface area contributed by atoms with Crippen molar-refractivity contribution in [1.29, 1.82) is 0 Å². The van der Waals surface area contributed by atoms with Gasteiger partial charge in [0, 0.05) is 24.4 Å². The largest absolute Gasteiger partial charge is 0.481 e. The average Bonchev–Trinajstić information content (AvgIpc) is 3.78. The van der Waals surface area contributed by atoms with E-state index in [1.54, 1.807) is 31.3 Å². The van der Waals surface area contributed by atoms with Crippen molar-refractivity contribution >= 4 is 11.9 Å². The molecule has 2 N–H and O–H groups in total. The number of aromatic nitrogens is 1. The van der Waals surface area contributed by atoms with Crippen molar-refractivity contribution in [2.75, 3.05) is 20.6 Å². The Morgan fingerprint density at radius 3 is 2.20 bits per heavy atom. The molecular weight excluding hydrogens is 569 g/mol. The van der Waals surface area contributed by atoms with E-state index in [-0.39, 0.29) is 17.0 Å². The molecule has 1 aliphatic carbocycles. The summed E-state index contributed by atoms with van der Waals surface area (Å²) in [4.78, 5) is 41.4. The highest BCUT2D eigenvalue weighted by atomic mass is 19.1. The number of aryl methyl sites for hydroxylation is 4. The van der Waals surface area contributed by atoms with Gasteiger partial charge in [0.15, 0.2) is 0 Å². The van der Waals surface area contributed by atoms with Crippen LogP contribution in [0.15, 0.2) is 41.3 Å². The third-order valence-corrected chi connectivity index (χ3v) is 8.80. The number of nitrogens with zero attached hydrogens (tertiary/aromatic N) is 2. The predicted molar refractivity (Wildman–Crippen MR) is 177 cm³/mol. The molecule has 0 bridgehead atoms. The number of likely N-dealkylation sites (N-methyl/N-ethyl adjacent to an activating group) is 1. The minimum Gasteiger partial charge on any atom is -0.481 e. The molecule has 8 heteroatoms. The first-order chi connectivity index (χ1) is 21.2. The van der Waals surface area contributed by atoms with Gasteiger partial charge in [-0.25, -0.2) is 4.39 Å². The lowest BCUT2D eigenvalue weighted by atomic mass is 9.88. The summed E-state index contributed by atoms with van der Waals surface area (Å²) in [5.41, 5.74) is 7.24. The summed E-state index contributed by atoms with van der Waals surface area (Å²) >= 11 is 0. The van der Waals surface area contributed by atoms with Gasteiger partial charge in [-0.3, -0.25) is 14.4 Å². The summed E-state index contributed by atoms with van der Waals surface area (Å²) in [5, 5.41) is 12.7. The molecule has 0 aliphatic heterocycles. The van der Waals surface area contributed by atoms with E-state index in [0.717, 1.165) is 39.9 Å². The molecule has 0 radical (unpaired) electrons. The van der Waals surface area contributed by atoms with E-state index in [9.17, 15) is 19.5 Å². The zero-order valence-corrected chi connectivity index (χ0v) is 28.0. The third-order valence-electron chi connectivity index (χ3n) is 8.80. The summed E-state index contributed by atoms with van der Waals surface area (Å²) in [6.07, 6.45) is 4.69. The van der Waals surface area contributed by atoms with Gasteiger partial charge in [-0.2, -0.15) is 0 Å². The van der Waals surface area contributed by atoms with Crippen molar-refractivity contribution in [3.63, 3.8) is 0 Å². The number of carboxylic acid groups (broad SMARTS) is 1. The Balaban J connectivity index is 1.75. The number of nitrogens with one attached hydrogen (secondary N) is 1. The third kappa shape index (κ3) is 8.28. The highest BCUT2D eigenvalue weighted by molar-refractivity contribution is 5.82. The van der Waals surface area contributed by atoms with Crippen LogP contribution >= 0.6 is 0 Å². The van der Waals surface area contributed by atoms with E-state index in [0.29, 0.717) is 24.3 Å². The maximum Gasteiger partial charge on any atom is 0.305 e. The van der Waals surface area contributed by atoms with Crippen LogP contribution in [0.5, 0.6) is 0 Å². The van der Waals surface area contributed by atoms with Gasteiger partial charge in [0.1, 0.15) is 11.9 Å². The number of benzene rings is 2. The summed E-state index contributed by atoms with van der Waals surface area (Å²) in [7, 11) is 3.95. The molecular formula is C37H48FN3O4. The van der Waals surface area contributed by atoms with Crippen molar-refractivity contribution in [3.05, 3.63) is 91.6 Å². The second kappa shape index (κ2) is 14.1. The number of amides is 1. The van der Waals surface area contributed by atoms with Crippen molar-refractivity contribution in [1.82, 2.24) is 14.8 Å². The van der Waals surface area contributed by atoms with Crippen LogP contribution in [0, 0.1) is 39.4 Å². The molecule has 7 nitrogen and oxygen atoms in total. The first kappa shape index (κ1) is 34.1. The van der Waals surface area contributed by atoms with Gasteiger partial charge in [0.25, 0.3) is 5.56 Å². The van der Waals surface area contributed by atoms with Crippen LogP contribution in [0.25, 0.3) is 11.1 Å². The molecule has 2 aromatic carbocycles. The van der Waals surface area contributed by atoms with Gasteiger partial charge < -0.3 is 19.9 Å². The van der Waals surface area contributed by atoms with E-state index in [2.05, 4.69) is 22.3 Å². The Hall–Kier alpha value is -3.78. The fourth-order valence-corrected chi connectivity index (χ4v) is 6.31. The number of hydrogen-bond donors (Lipinski definition) is 2. The fourth-order valence-electron chi connectivity index (χ4n) is 6.31. The Bertz CT molecular complexity index is 1610. The molecule has 1 amide bonds. The summed E-state index contributed by atoms with van der Waals surface area (Å²) in [5.74, 6) is -1.56. The molecule has 242 valence electrons. The van der Waals surface area contributed by atoms with E-state index >= 15 is 4.39 Å². The van der Waals surface area contributed by atoms with Gasteiger partial charge in [0.2, 0.25) is 5.91 Å². The fraction of sp³-hybridized carbons (Fsp3) is 0.486. The Kier molecular flexibility index (Phi) is 10.7. The van der Waals surface area contributed by atoms with Crippen molar-refractivity contribution < 1.29 is 19.1 Å². The van der Waals surface area contributed by atoms with Crippen molar-refractivity contribution in [2.24, 2.45) is 5.92 Å². The van der Waals surface area contributed by atoms with Gasteiger partial charge in [-0.1, -0.05) is 26.0 Å². The average molecular weight is 618 g/mol. The number of carbonyl (C=O) groups is 2. The number of hydrogen-bond acceptors (Lipinski definition) is 4. The molecule has 3 aromatic rings. The first-order valence-corrected chi connectivity index (χ1v) is 16.0. The number of pyridine rings is 1. The van der Waals surface area contributed by atoms with Crippen LogP contribution in [0.2, 0.25) is 0 Å². The molecule has 1 saturated carbocycles. The Morgan fingerprint density at radius 1 is 1.00 bits per heavy atom. The molecule has 1 aromatic heterocycles. The second-order valence-corrected chi connectivity index (χ2v) is 13.6. The van der Waals surface area contributed by atoms with Gasteiger partial charge in [-0.05, 0) is 136 Å². The van der Waals surface area contributed by atoms with E-state index < -0.39 is 36.2 Å². The number of aliphatic carboxylic acids is 1. The summed E-state index contributed by atoms with van der Waals surface area (Å²) in [6, 6.07) is 7.37. The summed E-state index contributed by atoms with van der Waals surface area (Å²) in [6.45, 7) is 12.3. The van der Waals surface area contributed by atoms with Crippen LogP contribution in [-0.4, -0.2) is 47.1 Å². The smallest absolute Gasteiger partial charge is 0.305 e. The highest BCUT2D eigenvalue weighted by Gasteiger charge is 2.30.